The summed E-state index contributed by atoms with van der Waals surface area (Å²) in [6.45, 7) is 3.99. The van der Waals surface area contributed by atoms with Crippen LogP contribution in [0.15, 0.2) is 43.1 Å². The summed E-state index contributed by atoms with van der Waals surface area (Å²) in [5, 5.41) is 11.3. The Morgan fingerprint density at radius 3 is 2.90 bits per heavy atom. The van der Waals surface area contributed by atoms with Crippen LogP contribution in [-0.2, 0) is 10.4 Å². The van der Waals surface area contributed by atoms with Gasteiger partial charge in [0.2, 0.25) is 5.60 Å². The van der Waals surface area contributed by atoms with Crippen LogP contribution >= 0.6 is 11.3 Å². The number of rotatable bonds is 3. The van der Waals surface area contributed by atoms with E-state index < -0.39 is 11.5 Å². The van der Waals surface area contributed by atoms with Crippen molar-refractivity contribution in [3.05, 3.63) is 53.6 Å². The second kappa shape index (κ2) is 4.43. The SMILES string of the molecule is C=CCN1C(=O)C(O)(c2cnc(N)s2)c2ccccc21. The fourth-order valence-corrected chi connectivity index (χ4v) is 3.22. The average molecular weight is 287 g/mol. The number of thiazole rings is 1. The Labute approximate surface area is 120 Å². The fourth-order valence-electron chi connectivity index (χ4n) is 2.44. The van der Waals surface area contributed by atoms with Crippen molar-refractivity contribution in [1.82, 2.24) is 4.98 Å². The molecule has 0 aliphatic carbocycles. The van der Waals surface area contributed by atoms with Gasteiger partial charge in [0.15, 0.2) is 5.13 Å². The van der Waals surface area contributed by atoms with E-state index in [-0.39, 0.29) is 0 Å². The third-order valence-corrected chi connectivity index (χ3v) is 4.27. The van der Waals surface area contributed by atoms with E-state index in [4.69, 9.17) is 5.73 Å². The molecule has 1 aromatic carbocycles. The van der Waals surface area contributed by atoms with E-state index in [1.807, 2.05) is 6.07 Å². The largest absolute Gasteiger partial charge is 0.375 e. The molecule has 0 saturated carbocycles. The predicted molar refractivity (Wildman–Crippen MR) is 78.5 cm³/mol. The van der Waals surface area contributed by atoms with Gasteiger partial charge in [-0.15, -0.1) is 6.58 Å². The first-order valence-electron chi connectivity index (χ1n) is 6.05. The number of amides is 1. The average Bonchev–Trinajstić information content (AvgIpc) is 2.97. The maximum absolute atomic E-state index is 12.7. The summed E-state index contributed by atoms with van der Waals surface area (Å²) >= 11 is 1.11. The topological polar surface area (TPSA) is 79.5 Å². The number of anilines is 2. The minimum atomic E-state index is -1.71. The third-order valence-electron chi connectivity index (χ3n) is 3.33. The zero-order chi connectivity index (χ0) is 14.3. The van der Waals surface area contributed by atoms with Crippen LogP contribution in [-0.4, -0.2) is 22.5 Å². The van der Waals surface area contributed by atoms with E-state index in [9.17, 15) is 9.90 Å². The van der Waals surface area contributed by atoms with Gasteiger partial charge in [-0.05, 0) is 6.07 Å². The summed E-state index contributed by atoms with van der Waals surface area (Å²) < 4.78 is 0. The van der Waals surface area contributed by atoms with E-state index in [1.54, 1.807) is 24.3 Å². The molecule has 1 aromatic heterocycles. The standard InChI is InChI=1S/C14H13N3O2S/c1-2-7-17-10-6-4-3-5-9(10)14(19,12(17)18)11-8-16-13(15)20-11/h2-6,8,19H,1,7H2,(H2,15,16). The van der Waals surface area contributed by atoms with Crippen molar-refractivity contribution in [2.75, 3.05) is 17.2 Å². The van der Waals surface area contributed by atoms with Gasteiger partial charge in [-0.2, -0.15) is 0 Å². The van der Waals surface area contributed by atoms with Gasteiger partial charge in [-0.3, -0.25) is 4.79 Å². The molecule has 20 heavy (non-hydrogen) atoms. The normalized spacial score (nSPS) is 21.1. The first kappa shape index (κ1) is 12.8. The third kappa shape index (κ3) is 1.59. The summed E-state index contributed by atoms with van der Waals surface area (Å²) in [6, 6.07) is 7.17. The highest BCUT2D eigenvalue weighted by atomic mass is 32.1. The Kier molecular flexibility index (Phi) is 2.84. The Hall–Kier alpha value is -2.18. The van der Waals surface area contributed by atoms with E-state index in [0.717, 1.165) is 11.3 Å². The van der Waals surface area contributed by atoms with Gasteiger partial charge in [0.25, 0.3) is 5.91 Å². The maximum Gasteiger partial charge on any atom is 0.269 e. The van der Waals surface area contributed by atoms with Gasteiger partial charge in [-0.1, -0.05) is 35.6 Å². The molecule has 0 spiro atoms. The zero-order valence-corrected chi connectivity index (χ0v) is 11.4. The molecule has 2 heterocycles. The van der Waals surface area contributed by atoms with Crippen LogP contribution in [0.1, 0.15) is 10.4 Å². The highest BCUT2D eigenvalue weighted by molar-refractivity contribution is 7.15. The lowest BCUT2D eigenvalue weighted by Gasteiger charge is -2.20. The summed E-state index contributed by atoms with van der Waals surface area (Å²) in [6.07, 6.45) is 3.08. The van der Waals surface area contributed by atoms with Crippen LogP contribution in [0.2, 0.25) is 0 Å². The van der Waals surface area contributed by atoms with Crippen LogP contribution in [0.4, 0.5) is 10.8 Å². The summed E-state index contributed by atoms with van der Waals surface area (Å²) in [4.78, 5) is 18.5. The molecule has 6 heteroatoms. The monoisotopic (exact) mass is 287 g/mol. The van der Waals surface area contributed by atoms with Crippen molar-refractivity contribution in [1.29, 1.82) is 0 Å². The lowest BCUT2D eigenvalue weighted by atomic mass is 9.94. The number of carbonyl (C=O) groups is 1. The highest BCUT2D eigenvalue weighted by Gasteiger charge is 2.51. The van der Waals surface area contributed by atoms with Crippen molar-refractivity contribution >= 4 is 28.1 Å². The predicted octanol–water partition coefficient (Wildman–Crippen LogP) is 1.49. The van der Waals surface area contributed by atoms with Crippen molar-refractivity contribution in [3.63, 3.8) is 0 Å². The molecule has 102 valence electrons. The quantitative estimate of drug-likeness (QED) is 0.838. The van der Waals surface area contributed by atoms with Crippen molar-refractivity contribution < 1.29 is 9.90 Å². The number of aromatic nitrogens is 1. The number of carbonyl (C=O) groups excluding carboxylic acids is 1. The number of fused-ring (bicyclic) bond motifs is 1. The minimum Gasteiger partial charge on any atom is -0.375 e. The molecule has 1 aliphatic rings. The van der Waals surface area contributed by atoms with Gasteiger partial charge < -0.3 is 15.7 Å². The summed E-state index contributed by atoms with van der Waals surface area (Å²) in [5.41, 5.74) is 5.14. The number of hydrogen-bond donors (Lipinski definition) is 2. The molecule has 0 bridgehead atoms. The van der Waals surface area contributed by atoms with Crippen LogP contribution < -0.4 is 10.6 Å². The van der Waals surface area contributed by atoms with Crippen molar-refractivity contribution in [3.8, 4) is 0 Å². The number of nitrogens with two attached hydrogens (primary N) is 1. The first-order chi connectivity index (χ1) is 9.59. The van der Waals surface area contributed by atoms with Crippen LogP contribution in [0.25, 0.3) is 0 Å². The summed E-state index contributed by atoms with van der Waals surface area (Å²) in [5.74, 6) is -0.401. The molecule has 1 aliphatic heterocycles. The second-order valence-electron chi connectivity index (χ2n) is 4.49. The number of aliphatic hydroxyl groups is 1. The van der Waals surface area contributed by atoms with E-state index in [0.29, 0.717) is 27.8 Å². The highest BCUT2D eigenvalue weighted by Crippen LogP contribution is 2.45. The number of nitrogen functional groups attached to an aromatic ring is 1. The van der Waals surface area contributed by atoms with E-state index >= 15 is 0 Å². The molecule has 0 fully saturated rings. The van der Waals surface area contributed by atoms with Gasteiger partial charge in [0.05, 0.1) is 10.6 Å². The van der Waals surface area contributed by atoms with Crippen molar-refractivity contribution in [2.45, 2.75) is 5.60 Å². The second-order valence-corrected chi connectivity index (χ2v) is 5.56. The number of benzene rings is 1. The lowest BCUT2D eigenvalue weighted by molar-refractivity contribution is -0.131. The number of nitrogens with zero attached hydrogens (tertiary/aromatic N) is 2. The zero-order valence-electron chi connectivity index (χ0n) is 10.6. The van der Waals surface area contributed by atoms with Gasteiger partial charge in [0.1, 0.15) is 0 Å². The van der Waals surface area contributed by atoms with Crippen LogP contribution in [0.5, 0.6) is 0 Å². The first-order valence-corrected chi connectivity index (χ1v) is 6.87. The molecule has 1 amide bonds. The Morgan fingerprint density at radius 2 is 2.25 bits per heavy atom. The molecule has 1 unspecified atom stereocenters. The molecule has 3 N–H and O–H groups in total. The molecule has 3 rings (SSSR count). The van der Waals surface area contributed by atoms with E-state index in [2.05, 4.69) is 11.6 Å². The Balaban J connectivity index is 2.21. The van der Waals surface area contributed by atoms with E-state index in [1.165, 1.54) is 11.1 Å². The Morgan fingerprint density at radius 1 is 1.50 bits per heavy atom. The van der Waals surface area contributed by atoms with Gasteiger partial charge >= 0.3 is 0 Å². The fraction of sp³-hybridized carbons (Fsp3) is 0.143. The molecule has 0 saturated heterocycles. The van der Waals surface area contributed by atoms with Crippen LogP contribution in [0.3, 0.4) is 0 Å². The van der Waals surface area contributed by atoms with Crippen molar-refractivity contribution in [2.24, 2.45) is 0 Å². The number of para-hydroxylation sites is 1. The van der Waals surface area contributed by atoms with Gasteiger partial charge in [-0.25, -0.2) is 4.98 Å². The summed E-state index contributed by atoms with van der Waals surface area (Å²) in [7, 11) is 0. The minimum absolute atomic E-state index is 0.320. The molecule has 1 atom stereocenters. The molecular formula is C14H13N3O2S. The molecular weight excluding hydrogens is 274 g/mol. The molecule has 0 radical (unpaired) electrons. The number of hydrogen-bond acceptors (Lipinski definition) is 5. The van der Waals surface area contributed by atoms with Crippen LogP contribution in [0, 0.1) is 0 Å². The molecule has 5 nitrogen and oxygen atoms in total. The molecule has 2 aromatic rings. The Bertz CT molecular complexity index is 697. The van der Waals surface area contributed by atoms with Gasteiger partial charge in [0, 0.05) is 18.3 Å². The maximum atomic E-state index is 12.7. The lowest BCUT2D eigenvalue weighted by Crippen LogP contribution is -2.40. The smallest absolute Gasteiger partial charge is 0.269 e.